The van der Waals surface area contributed by atoms with Crippen molar-refractivity contribution in [3.8, 4) is 0 Å². The smallest absolute Gasteiger partial charge is 0.247 e. The highest BCUT2D eigenvalue weighted by atomic mass is 16.2. The Morgan fingerprint density at radius 3 is 2.19 bits per heavy atom. The lowest BCUT2D eigenvalue weighted by atomic mass is 9.84. The minimum atomic E-state index is -0.533. The average Bonchev–Trinajstić information content (AvgIpc) is 3.51. The van der Waals surface area contributed by atoms with Crippen molar-refractivity contribution in [3.05, 3.63) is 108 Å². The summed E-state index contributed by atoms with van der Waals surface area (Å²) < 4.78 is 1.90. The number of para-hydroxylation sites is 1. The van der Waals surface area contributed by atoms with Crippen LogP contribution in [0.15, 0.2) is 91.0 Å². The van der Waals surface area contributed by atoms with E-state index in [1.165, 1.54) is 0 Å². The average molecular weight is 480 g/mol. The summed E-state index contributed by atoms with van der Waals surface area (Å²) in [6.07, 6.45) is 1.47. The molecule has 0 saturated carbocycles. The van der Waals surface area contributed by atoms with Crippen LogP contribution >= 0.6 is 0 Å². The number of nitrogens with zero attached hydrogens (tertiary/aromatic N) is 6. The van der Waals surface area contributed by atoms with Gasteiger partial charge in [0.05, 0.1) is 19.3 Å². The Bertz CT molecular complexity index is 1300. The Labute approximate surface area is 210 Å². The van der Waals surface area contributed by atoms with E-state index in [2.05, 4.69) is 79.2 Å². The van der Waals surface area contributed by atoms with E-state index in [0.29, 0.717) is 13.2 Å². The zero-order chi connectivity index (χ0) is 24.4. The maximum atomic E-state index is 13.2. The molecule has 1 unspecified atom stereocenters. The number of anilines is 1. The second-order valence-electron chi connectivity index (χ2n) is 9.49. The van der Waals surface area contributed by atoms with Crippen molar-refractivity contribution in [2.45, 2.75) is 31.0 Å². The standard InChI is InChI=1S/C28H29N7O/c36-27-28(34(21-29-27)24-14-8-3-9-15-24)16-18-33(19-17-28)25(23-12-6-2-7-13-23)26-30-31-32-35(26)20-22-10-4-1-5-11-22/h1-15,25H,16-21H2,(H,29,36). The quantitative estimate of drug-likeness (QED) is 0.458. The number of tetrazole rings is 1. The highest BCUT2D eigenvalue weighted by Gasteiger charge is 2.51. The number of carbonyl (C=O) groups excluding carboxylic acids is 1. The van der Waals surface area contributed by atoms with Gasteiger partial charge in [-0.2, -0.15) is 0 Å². The lowest BCUT2D eigenvalue weighted by Gasteiger charge is -2.45. The molecule has 0 bridgehead atoms. The van der Waals surface area contributed by atoms with Crippen molar-refractivity contribution in [2.75, 3.05) is 24.7 Å². The molecule has 1 amide bonds. The molecule has 182 valence electrons. The van der Waals surface area contributed by atoms with E-state index in [1.807, 2.05) is 47.1 Å². The summed E-state index contributed by atoms with van der Waals surface area (Å²) in [4.78, 5) is 17.8. The maximum absolute atomic E-state index is 13.2. The van der Waals surface area contributed by atoms with E-state index in [9.17, 15) is 4.79 Å². The molecule has 2 fully saturated rings. The first-order valence-electron chi connectivity index (χ1n) is 12.4. The van der Waals surface area contributed by atoms with Crippen molar-refractivity contribution >= 4 is 11.6 Å². The number of piperidine rings is 1. The minimum absolute atomic E-state index is 0.100. The van der Waals surface area contributed by atoms with Crippen LogP contribution < -0.4 is 10.2 Å². The van der Waals surface area contributed by atoms with Gasteiger partial charge in [0.25, 0.3) is 0 Å². The SMILES string of the molecule is O=C1NCN(c2ccccc2)C12CCN(C(c1ccccc1)c1nnnn1Cc1ccccc1)CC2. The predicted octanol–water partition coefficient (Wildman–Crippen LogP) is 3.24. The van der Waals surface area contributed by atoms with Crippen molar-refractivity contribution in [3.63, 3.8) is 0 Å². The molecule has 2 saturated heterocycles. The van der Waals surface area contributed by atoms with Gasteiger partial charge in [-0.05, 0) is 46.5 Å². The van der Waals surface area contributed by atoms with Crippen molar-refractivity contribution in [2.24, 2.45) is 0 Å². The second-order valence-corrected chi connectivity index (χ2v) is 9.49. The first kappa shape index (κ1) is 22.4. The number of hydrogen-bond donors (Lipinski definition) is 1. The molecule has 6 rings (SSSR count). The first-order valence-corrected chi connectivity index (χ1v) is 12.4. The van der Waals surface area contributed by atoms with Gasteiger partial charge in [0.1, 0.15) is 5.54 Å². The minimum Gasteiger partial charge on any atom is -0.339 e. The maximum Gasteiger partial charge on any atom is 0.247 e. The van der Waals surface area contributed by atoms with Gasteiger partial charge in [-0.3, -0.25) is 9.69 Å². The van der Waals surface area contributed by atoms with Gasteiger partial charge >= 0.3 is 0 Å². The summed E-state index contributed by atoms with van der Waals surface area (Å²) in [6.45, 7) is 2.66. The summed E-state index contributed by atoms with van der Waals surface area (Å²) in [6, 6.07) is 30.8. The predicted molar refractivity (Wildman–Crippen MR) is 137 cm³/mol. The Hall–Kier alpha value is -4.04. The summed E-state index contributed by atoms with van der Waals surface area (Å²) in [7, 11) is 0. The number of likely N-dealkylation sites (tertiary alicyclic amines) is 1. The zero-order valence-electron chi connectivity index (χ0n) is 20.1. The van der Waals surface area contributed by atoms with Gasteiger partial charge < -0.3 is 10.2 Å². The fourth-order valence-corrected chi connectivity index (χ4v) is 5.62. The number of nitrogens with one attached hydrogen (secondary N) is 1. The van der Waals surface area contributed by atoms with E-state index >= 15 is 0 Å². The third-order valence-electron chi connectivity index (χ3n) is 7.49. The van der Waals surface area contributed by atoms with Crippen molar-refractivity contribution in [1.82, 2.24) is 30.4 Å². The number of amides is 1. The number of rotatable bonds is 6. The van der Waals surface area contributed by atoms with Gasteiger partial charge in [-0.1, -0.05) is 78.9 Å². The normalized spacial score (nSPS) is 18.3. The Balaban J connectivity index is 1.30. The van der Waals surface area contributed by atoms with E-state index in [0.717, 1.165) is 48.6 Å². The number of benzene rings is 3. The van der Waals surface area contributed by atoms with E-state index in [4.69, 9.17) is 0 Å². The molecule has 4 aromatic rings. The second kappa shape index (κ2) is 9.54. The van der Waals surface area contributed by atoms with Crippen LogP contribution in [0.3, 0.4) is 0 Å². The Morgan fingerprint density at radius 1 is 0.861 bits per heavy atom. The van der Waals surface area contributed by atoms with Crippen LogP contribution in [0.5, 0.6) is 0 Å². The topological polar surface area (TPSA) is 79.2 Å². The highest BCUT2D eigenvalue weighted by Crippen LogP contribution is 2.39. The van der Waals surface area contributed by atoms with Crippen LogP contribution in [0.25, 0.3) is 0 Å². The largest absolute Gasteiger partial charge is 0.339 e. The molecule has 0 aliphatic carbocycles. The Morgan fingerprint density at radius 2 is 1.50 bits per heavy atom. The molecule has 3 heterocycles. The molecule has 8 heteroatoms. The molecule has 2 aliphatic rings. The fraction of sp³-hybridized carbons (Fsp3) is 0.286. The van der Waals surface area contributed by atoms with E-state index in [-0.39, 0.29) is 11.9 Å². The van der Waals surface area contributed by atoms with Crippen LogP contribution in [0.4, 0.5) is 5.69 Å². The highest BCUT2D eigenvalue weighted by molar-refractivity contribution is 5.93. The van der Waals surface area contributed by atoms with Gasteiger partial charge in [-0.25, -0.2) is 4.68 Å². The third-order valence-corrected chi connectivity index (χ3v) is 7.49. The molecule has 1 N–H and O–H groups in total. The van der Waals surface area contributed by atoms with Crippen molar-refractivity contribution in [1.29, 1.82) is 0 Å². The molecular formula is C28H29N7O. The molecule has 36 heavy (non-hydrogen) atoms. The van der Waals surface area contributed by atoms with Crippen molar-refractivity contribution < 1.29 is 4.79 Å². The molecule has 2 aliphatic heterocycles. The van der Waals surface area contributed by atoms with Gasteiger partial charge in [-0.15, -0.1) is 5.10 Å². The van der Waals surface area contributed by atoms with Crippen LogP contribution in [0, 0.1) is 0 Å². The van der Waals surface area contributed by atoms with Gasteiger partial charge in [0.15, 0.2) is 5.82 Å². The summed E-state index contributed by atoms with van der Waals surface area (Å²) in [5.41, 5.74) is 2.84. The number of carbonyl (C=O) groups is 1. The summed E-state index contributed by atoms with van der Waals surface area (Å²) >= 11 is 0. The number of aromatic nitrogens is 4. The first-order chi connectivity index (χ1) is 17.7. The molecule has 8 nitrogen and oxygen atoms in total. The van der Waals surface area contributed by atoms with Gasteiger partial charge in [0.2, 0.25) is 5.91 Å². The molecule has 1 spiro atoms. The lowest BCUT2D eigenvalue weighted by molar-refractivity contribution is -0.125. The Kier molecular flexibility index (Phi) is 5.95. The molecular weight excluding hydrogens is 450 g/mol. The van der Waals surface area contributed by atoms with Crippen LogP contribution in [-0.4, -0.2) is 56.3 Å². The van der Waals surface area contributed by atoms with Crippen LogP contribution in [0.2, 0.25) is 0 Å². The zero-order valence-corrected chi connectivity index (χ0v) is 20.1. The van der Waals surface area contributed by atoms with Gasteiger partial charge in [0, 0.05) is 18.8 Å². The van der Waals surface area contributed by atoms with Crippen LogP contribution in [-0.2, 0) is 11.3 Å². The molecule has 1 aromatic heterocycles. The van der Waals surface area contributed by atoms with Crippen LogP contribution in [0.1, 0.15) is 35.8 Å². The third kappa shape index (κ3) is 4.03. The molecule has 0 radical (unpaired) electrons. The van der Waals surface area contributed by atoms with E-state index < -0.39 is 5.54 Å². The number of hydrogen-bond acceptors (Lipinski definition) is 6. The molecule has 3 aromatic carbocycles. The summed E-state index contributed by atoms with van der Waals surface area (Å²) in [5, 5.41) is 16.0. The fourth-order valence-electron chi connectivity index (χ4n) is 5.62. The van der Waals surface area contributed by atoms with E-state index in [1.54, 1.807) is 0 Å². The molecule has 1 atom stereocenters. The summed E-state index contributed by atoms with van der Waals surface area (Å²) in [5.74, 6) is 0.938. The monoisotopic (exact) mass is 479 g/mol. The lowest BCUT2D eigenvalue weighted by Crippen LogP contribution is -2.57.